The SMILES string of the molecule is C[C@H]1CC[C@H](NCCSCc2ccccc2)CC1. The molecule has 1 saturated carbocycles. The quantitative estimate of drug-likeness (QED) is 0.776. The highest BCUT2D eigenvalue weighted by atomic mass is 32.2. The summed E-state index contributed by atoms with van der Waals surface area (Å²) >= 11 is 2.03. The summed E-state index contributed by atoms with van der Waals surface area (Å²) in [4.78, 5) is 0. The maximum atomic E-state index is 3.71. The van der Waals surface area contributed by atoms with E-state index in [0.29, 0.717) is 0 Å². The molecule has 0 aromatic heterocycles. The summed E-state index contributed by atoms with van der Waals surface area (Å²) in [5.74, 6) is 3.32. The van der Waals surface area contributed by atoms with Crippen molar-refractivity contribution in [2.45, 2.75) is 44.4 Å². The van der Waals surface area contributed by atoms with Crippen LogP contribution < -0.4 is 5.32 Å². The molecule has 18 heavy (non-hydrogen) atoms. The first-order valence-corrected chi connectivity index (χ1v) is 8.35. The van der Waals surface area contributed by atoms with E-state index in [1.165, 1.54) is 37.0 Å². The van der Waals surface area contributed by atoms with E-state index in [2.05, 4.69) is 42.6 Å². The average Bonchev–Trinajstić information content (AvgIpc) is 2.42. The van der Waals surface area contributed by atoms with Crippen LogP contribution in [0.15, 0.2) is 30.3 Å². The number of thioether (sulfide) groups is 1. The fourth-order valence-electron chi connectivity index (χ4n) is 2.56. The summed E-state index contributed by atoms with van der Waals surface area (Å²) in [5.41, 5.74) is 1.44. The number of hydrogen-bond acceptors (Lipinski definition) is 2. The molecule has 1 aliphatic carbocycles. The molecule has 1 aliphatic rings. The Balaban J connectivity index is 1.51. The van der Waals surface area contributed by atoms with Gasteiger partial charge in [-0.15, -0.1) is 0 Å². The summed E-state index contributed by atoms with van der Waals surface area (Å²) in [6.45, 7) is 3.54. The number of rotatable bonds is 6. The van der Waals surface area contributed by atoms with Crippen LogP contribution in [-0.4, -0.2) is 18.3 Å². The molecule has 2 heteroatoms. The summed E-state index contributed by atoms with van der Waals surface area (Å²) < 4.78 is 0. The van der Waals surface area contributed by atoms with Crippen LogP contribution in [-0.2, 0) is 5.75 Å². The van der Waals surface area contributed by atoms with Crippen molar-refractivity contribution in [3.8, 4) is 0 Å². The van der Waals surface area contributed by atoms with Gasteiger partial charge in [-0.3, -0.25) is 0 Å². The molecular weight excluding hydrogens is 238 g/mol. The summed E-state index contributed by atoms with van der Waals surface area (Å²) in [7, 11) is 0. The fourth-order valence-corrected chi connectivity index (χ4v) is 3.40. The summed E-state index contributed by atoms with van der Waals surface area (Å²) in [5, 5.41) is 3.71. The third-order valence-electron chi connectivity index (χ3n) is 3.81. The van der Waals surface area contributed by atoms with Gasteiger partial charge in [-0.05, 0) is 37.2 Å². The molecule has 0 heterocycles. The Morgan fingerprint density at radius 1 is 1.11 bits per heavy atom. The van der Waals surface area contributed by atoms with Crippen molar-refractivity contribution in [1.29, 1.82) is 0 Å². The van der Waals surface area contributed by atoms with Gasteiger partial charge in [-0.2, -0.15) is 11.8 Å². The second-order valence-corrected chi connectivity index (χ2v) is 6.55. The smallest absolute Gasteiger partial charge is 0.0185 e. The van der Waals surface area contributed by atoms with Gasteiger partial charge in [0.2, 0.25) is 0 Å². The van der Waals surface area contributed by atoms with Gasteiger partial charge >= 0.3 is 0 Å². The van der Waals surface area contributed by atoms with Crippen molar-refractivity contribution < 1.29 is 0 Å². The molecule has 1 aromatic carbocycles. The van der Waals surface area contributed by atoms with Crippen LogP contribution >= 0.6 is 11.8 Å². The molecule has 0 aliphatic heterocycles. The topological polar surface area (TPSA) is 12.0 Å². The molecular formula is C16H25NS. The Morgan fingerprint density at radius 2 is 1.83 bits per heavy atom. The normalized spacial score (nSPS) is 24.1. The number of benzene rings is 1. The van der Waals surface area contributed by atoms with Crippen molar-refractivity contribution in [3.05, 3.63) is 35.9 Å². The minimum absolute atomic E-state index is 0.790. The highest BCUT2D eigenvalue weighted by Crippen LogP contribution is 2.23. The van der Waals surface area contributed by atoms with Crippen LogP contribution in [0.1, 0.15) is 38.2 Å². The number of hydrogen-bond donors (Lipinski definition) is 1. The Hall–Kier alpha value is -0.470. The zero-order valence-corrected chi connectivity index (χ0v) is 12.2. The first kappa shape index (κ1) is 14.0. The number of nitrogens with one attached hydrogen (secondary N) is 1. The lowest BCUT2D eigenvalue weighted by Crippen LogP contribution is -2.34. The van der Waals surface area contributed by atoms with Gasteiger partial charge in [-0.25, -0.2) is 0 Å². The molecule has 100 valence electrons. The molecule has 1 nitrogen and oxygen atoms in total. The summed E-state index contributed by atoms with van der Waals surface area (Å²) in [6.07, 6.45) is 5.58. The van der Waals surface area contributed by atoms with Crippen LogP contribution in [0.3, 0.4) is 0 Å². The first-order chi connectivity index (χ1) is 8.84. The van der Waals surface area contributed by atoms with Crippen molar-refractivity contribution >= 4 is 11.8 Å². The average molecular weight is 263 g/mol. The van der Waals surface area contributed by atoms with Crippen LogP contribution in [0.4, 0.5) is 0 Å². The lowest BCUT2D eigenvalue weighted by atomic mass is 9.87. The molecule has 1 fully saturated rings. The molecule has 2 rings (SSSR count). The maximum Gasteiger partial charge on any atom is 0.0185 e. The third-order valence-corrected chi connectivity index (χ3v) is 4.84. The second kappa shape index (κ2) is 7.85. The largest absolute Gasteiger partial charge is 0.313 e. The molecule has 0 atom stereocenters. The van der Waals surface area contributed by atoms with E-state index in [0.717, 1.165) is 24.3 Å². The molecule has 0 spiro atoms. The highest BCUT2D eigenvalue weighted by Gasteiger charge is 2.16. The molecule has 0 saturated heterocycles. The van der Waals surface area contributed by atoms with Gasteiger partial charge in [-0.1, -0.05) is 37.3 Å². The maximum absolute atomic E-state index is 3.71. The lowest BCUT2D eigenvalue weighted by Gasteiger charge is -2.26. The van der Waals surface area contributed by atoms with E-state index in [-0.39, 0.29) is 0 Å². The van der Waals surface area contributed by atoms with Gasteiger partial charge < -0.3 is 5.32 Å². The van der Waals surface area contributed by atoms with Crippen LogP contribution in [0.2, 0.25) is 0 Å². The zero-order valence-electron chi connectivity index (χ0n) is 11.4. The lowest BCUT2D eigenvalue weighted by molar-refractivity contribution is 0.312. The van der Waals surface area contributed by atoms with E-state index in [9.17, 15) is 0 Å². The molecule has 1 N–H and O–H groups in total. The standard InChI is InChI=1S/C16H25NS/c1-14-7-9-16(10-8-14)17-11-12-18-13-15-5-3-2-4-6-15/h2-6,14,16-17H,7-13H2,1H3/t14-,16-. The second-order valence-electron chi connectivity index (χ2n) is 5.45. The minimum Gasteiger partial charge on any atom is -0.313 e. The molecule has 1 aromatic rings. The Bertz CT molecular complexity index is 317. The predicted molar refractivity (Wildman–Crippen MR) is 82.0 cm³/mol. The van der Waals surface area contributed by atoms with Crippen LogP contribution in [0.5, 0.6) is 0 Å². The molecule has 0 bridgehead atoms. The highest BCUT2D eigenvalue weighted by molar-refractivity contribution is 7.98. The van der Waals surface area contributed by atoms with Crippen LogP contribution in [0.25, 0.3) is 0 Å². The van der Waals surface area contributed by atoms with E-state index < -0.39 is 0 Å². The monoisotopic (exact) mass is 263 g/mol. The first-order valence-electron chi connectivity index (χ1n) is 7.19. The predicted octanol–water partition coefficient (Wildman–Crippen LogP) is 4.09. The van der Waals surface area contributed by atoms with E-state index in [4.69, 9.17) is 0 Å². The minimum atomic E-state index is 0.790. The van der Waals surface area contributed by atoms with Gasteiger partial charge in [0, 0.05) is 24.1 Å². The molecule has 0 amide bonds. The summed E-state index contributed by atoms with van der Waals surface area (Å²) in [6, 6.07) is 11.5. The van der Waals surface area contributed by atoms with E-state index >= 15 is 0 Å². The van der Waals surface area contributed by atoms with Gasteiger partial charge in [0.25, 0.3) is 0 Å². The zero-order chi connectivity index (χ0) is 12.6. The van der Waals surface area contributed by atoms with Crippen molar-refractivity contribution in [1.82, 2.24) is 5.32 Å². The fraction of sp³-hybridized carbons (Fsp3) is 0.625. The Labute approximate surface area is 116 Å². The van der Waals surface area contributed by atoms with E-state index in [1.807, 2.05) is 11.8 Å². The van der Waals surface area contributed by atoms with Gasteiger partial charge in [0.1, 0.15) is 0 Å². The Morgan fingerprint density at radius 3 is 2.56 bits per heavy atom. The van der Waals surface area contributed by atoms with Crippen molar-refractivity contribution in [2.75, 3.05) is 12.3 Å². The van der Waals surface area contributed by atoms with Gasteiger partial charge in [0.05, 0.1) is 0 Å². The van der Waals surface area contributed by atoms with Gasteiger partial charge in [0.15, 0.2) is 0 Å². The molecule has 0 radical (unpaired) electrons. The van der Waals surface area contributed by atoms with Crippen molar-refractivity contribution in [2.24, 2.45) is 5.92 Å². The Kier molecular flexibility index (Phi) is 6.09. The van der Waals surface area contributed by atoms with E-state index in [1.54, 1.807) is 0 Å². The van der Waals surface area contributed by atoms with Crippen LogP contribution in [0, 0.1) is 5.92 Å². The van der Waals surface area contributed by atoms with Crippen molar-refractivity contribution in [3.63, 3.8) is 0 Å². The molecule has 0 unspecified atom stereocenters. The third kappa shape index (κ3) is 5.03.